The van der Waals surface area contributed by atoms with Gasteiger partial charge < -0.3 is 10.1 Å². The van der Waals surface area contributed by atoms with Crippen LogP contribution in [0.25, 0.3) is 0 Å². The van der Waals surface area contributed by atoms with Crippen molar-refractivity contribution in [3.05, 3.63) is 69.9 Å². The van der Waals surface area contributed by atoms with Crippen molar-refractivity contribution in [1.82, 2.24) is 10.2 Å². The van der Waals surface area contributed by atoms with Crippen LogP contribution in [0.4, 0.5) is 27.6 Å². The highest BCUT2D eigenvalue weighted by Crippen LogP contribution is 2.38. The van der Waals surface area contributed by atoms with Crippen LogP contribution in [0, 0.1) is 23.3 Å². The molecule has 0 aliphatic rings. The highest BCUT2D eigenvalue weighted by atomic mass is 35.5. The van der Waals surface area contributed by atoms with Gasteiger partial charge in [0.05, 0.1) is 9.73 Å². The van der Waals surface area contributed by atoms with E-state index in [1.807, 2.05) is 0 Å². The van der Waals surface area contributed by atoms with Crippen molar-refractivity contribution in [3.63, 3.8) is 0 Å². The second-order valence-electron chi connectivity index (χ2n) is 6.95. The largest absolute Gasteiger partial charge is 0.435 e. The van der Waals surface area contributed by atoms with Crippen LogP contribution >= 0.6 is 11.6 Å². The number of halogens is 6. The first-order valence-corrected chi connectivity index (χ1v) is 11.5. The summed E-state index contributed by atoms with van der Waals surface area (Å²) in [6.07, 6.45) is -3.85. The minimum Gasteiger partial charge on any atom is -0.432 e. The maximum absolute atomic E-state index is 14.2. The van der Waals surface area contributed by atoms with Gasteiger partial charge in [-0.1, -0.05) is 17.7 Å². The number of rotatable bonds is 5. The molecule has 34 heavy (non-hydrogen) atoms. The Morgan fingerprint density at radius 1 is 1.15 bits per heavy atom. The summed E-state index contributed by atoms with van der Waals surface area (Å²) in [6.45, 7) is 0.919. The number of hydrogen-bond acceptors (Lipinski definition) is 6. The topological polar surface area (TPSA) is 105 Å². The van der Waals surface area contributed by atoms with Gasteiger partial charge in [-0.2, -0.15) is 13.2 Å². The molecule has 0 saturated heterocycles. The first-order valence-electron chi connectivity index (χ1n) is 9.11. The third-order valence-electron chi connectivity index (χ3n) is 4.42. The summed E-state index contributed by atoms with van der Waals surface area (Å²) in [6, 6.07) is 6.65. The van der Waals surface area contributed by atoms with Crippen LogP contribution in [0.1, 0.15) is 21.6 Å². The standard InChI is InChI=1S/C20H14ClF5N4O3S/c1-9-14(18(31)28-10-4-3-5-11(8-10)34(2,27)32)19(30-29-17(9)20(24,25)26)33-16-13(23)7-6-12(22)15(16)21/h3-8,27H,1-2H3,(H,28,31). The molecule has 1 amide bonds. The highest BCUT2D eigenvalue weighted by molar-refractivity contribution is 7.91. The molecule has 3 aromatic rings. The lowest BCUT2D eigenvalue weighted by molar-refractivity contribution is -0.142. The Kier molecular flexibility index (Phi) is 6.80. The molecule has 0 saturated carbocycles. The molecule has 1 aromatic heterocycles. The number of nitrogens with one attached hydrogen (secondary N) is 2. The van der Waals surface area contributed by atoms with Crippen LogP contribution in [-0.2, 0) is 15.9 Å². The van der Waals surface area contributed by atoms with Crippen LogP contribution in [0.2, 0.25) is 5.02 Å². The smallest absolute Gasteiger partial charge is 0.432 e. The molecule has 1 heterocycles. The molecule has 0 spiro atoms. The van der Waals surface area contributed by atoms with E-state index < -0.39 is 66.9 Å². The fourth-order valence-electron chi connectivity index (χ4n) is 2.82. The molecule has 2 aromatic carbocycles. The van der Waals surface area contributed by atoms with E-state index in [4.69, 9.17) is 21.1 Å². The molecular weight excluding hydrogens is 507 g/mol. The van der Waals surface area contributed by atoms with E-state index in [1.165, 1.54) is 24.3 Å². The number of carbonyl (C=O) groups is 1. The molecule has 0 aliphatic carbocycles. The molecule has 2 N–H and O–H groups in total. The fourth-order valence-corrected chi connectivity index (χ4v) is 3.70. The van der Waals surface area contributed by atoms with Gasteiger partial charge in [0.15, 0.2) is 17.3 Å². The zero-order chi connectivity index (χ0) is 25.4. The summed E-state index contributed by atoms with van der Waals surface area (Å²) in [4.78, 5) is 13.0. The second kappa shape index (κ2) is 9.14. The molecule has 7 nitrogen and oxygen atoms in total. The van der Waals surface area contributed by atoms with Crippen molar-refractivity contribution in [2.24, 2.45) is 0 Å². The highest BCUT2D eigenvalue weighted by Gasteiger charge is 2.38. The monoisotopic (exact) mass is 520 g/mol. The Labute approximate surface area is 194 Å². The van der Waals surface area contributed by atoms with Gasteiger partial charge in [0.1, 0.15) is 16.4 Å². The van der Waals surface area contributed by atoms with E-state index >= 15 is 0 Å². The number of aromatic nitrogens is 2. The van der Waals surface area contributed by atoms with Crippen molar-refractivity contribution < 1.29 is 35.7 Å². The first kappa shape index (κ1) is 25.3. The molecule has 1 unspecified atom stereocenters. The van der Waals surface area contributed by atoms with Gasteiger partial charge in [-0.25, -0.2) is 17.8 Å². The first-order chi connectivity index (χ1) is 15.7. The number of carbonyl (C=O) groups excluding carboxylic acids is 1. The van der Waals surface area contributed by atoms with E-state index in [1.54, 1.807) is 0 Å². The van der Waals surface area contributed by atoms with E-state index in [0.29, 0.717) is 12.1 Å². The minimum absolute atomic E-state index is 0.00462. The molecule has 1 atom stereocenters. The number of nitrogens with zero attached hydrogens (tertiary/aromatic N) is 2. The molecule has 180 valence electrons. The van der Waals surface area contributed by atoms with Crippen molar-refractivity contribution in [1.29, 1.82) is 4.78 Å². The SMILES string of the molecule is Cc1c(C(F)(F)F)nnc(Oc2c(F)ccc(F)c2Cl)c1C(=O)Nc1cccc(S(C)(=N)=O)c1. The van der Waals surface area contributed by atoms with Crippen LogP contribution in [0.3, 0.4) is 0 Å². The number of benzene rings is 2. The molecular formula is C20H14ClF5N4O3S. The lowest BCUT2D eigenvalue weighted by atomic mass is 10.1. The Bertz CT molecular complexity index is 1400. The maximum atomic E-state index is 14.2. The third-order valence-corrected chi connectivity index (χ3v) is 5.93. The zero-order valence-electron chi connectivity index (χ0n) is 17.3. The van der Waals surface area contributed by atoms with Gasteiger partial charge in [-0.3, -0.25) is 4.79 Å². The van der Waals surface area contributed by atoms with E-state index in [2.05, 4.69) is 15.5 Å². The predicted molar refractivity (Wildman–Crippen MR) is 113 cm³/mol. The lowest BCUT2D eigenvalue weighted by Crippen LogP contribution is -2.21. The lowest BCUT2D eigenvalue weighted by Gasteiger charge is -2.17. The number of anilines is 1. The Hall–Kier alpha value is -3.32. The Morgan fingerprint density at radius 3 is 2.41 bits per heavy atom. The number of hydrogen-bond donors (Lipinski definition) is 2. The van der Waals surface area contributed by atoms with Gasteiger partial charge in [0.25, 0.3) is 11.8 Å². The van der Waals surface area contributed by atoms with E-state index in [9.17, 15) is 31.0 Å². The minimum atomic E-state index is -4.99. The fraction of sp³-hybridized carbons (Fsp3) is 0.150. The summed E-state index contributed by atoms with van der Waals surface area (Å²) >= 11 is 5.70. The van der Waals surface area contributed by atoms with Crippen LogP contribution in [0.15, 0.2) is 41.3 Å². The van der Waals surface area contributed by atoms with Gasteiger partial charge >= 0.3 is 6.18 Å². The average Bonchev–Trinajstić information content (AvgIpc) is 2.72. The Morgan fingerprint density at radius 2 is 1.79 bits per heavy atom. The second-order valence-corrected chi connectivity index (χ2v) is 9.49. The molecule has 3 rings (SSSR count). The predicted octanol–water partition coefficient (Wildman–Crippen LogP) is 5.82. The van der Waals surface area contributed by atoms with Gasteiger partial charge in [0.2, 0.25) is 0 Å². The maximum Gasteiger partial charge on any atom is 0.435 e. The van der Waals surface area contributed by atoms with Gasteiger partial charge in [0, 0.05) is 16.8 Å². The molecule has 0 fully saturated rings. The molecule has 0 radical (unpaired) electrons. The quantitative estimate of drug-likeness (QED) is 0.326. The number of amides is 1. The van der Waals surface area contributed by atoms with Crippen molar-refractivity contribution in [2.45, 2.75) is 18.0 Å². The van der Waals surface area contributed by atoms with Crippen LogP contribution in [-0.4, -0.2) is 26.6 Å². The number of alkyl halides is 3. The number of ether oxygens (including phenoxy) is 1. The Balaban J connectivity index is 2.13. The van der Waals surface area contributed by atoms with Crippen molar-refractivity contribution in [3.8, 4) is 11.6 Å². The zero-order valence-corrected chi connectivity index (χ0v) is 18.8. The van der Waals surface area contributed by atoms with E-state index in [-0.39, 0.29) is 10.6 Å². The summed E-state index contributed by atoms with van der Waals surface area (Å²) in [5.41, 5.74) is -3.00. The van der Waals surface area contributed by atoms with Crippen molar-refractivity contribution >= 4 is 32.9 Å². The third kappa shape index (κ3) is 5.25. The summed E-state index contributed by atoms with van der Waals surface area (Å²) in [7, 11) is -3.16. The van der Waals surface area contributed by atoms with Gasteiger partial charge in [-0.05, 0) is 42.8 Å². The van der Waals surface area contributed by atoms with Crippen molar-refractivity contribution in [2.75, 3.05) is 11.6 Å². The average molecular weight is 521 g/mol. The summed E-state index contributed by atoms with van der Waals surface area (Å²) < 4.78 is 92.8. The normalized spacial score (nSPS) is 13.3. The van der Waals surface area contributed by atoms with Crippen LogP contribution < -0.4 is 10.1 Å². The molecule has 0 bridgehead atoms. The molecule has 0 aliphatic heterocycles. The summed E-state index contributed by atoms with van der Waals surface area (Å²) in [5, 5.41) is 7.74. The van der Waals surface area contributed by atoms with E-state index in [0.717, 1.165) is 13.2 Å². The van der Waals surface area contributed by atoms with Gasteiger partial charge in [-0.15, -0.1) is 10.2 Å². The van der Waals surface area contributed by atoms with Crippen LogP contribution in [0.5, 0.6) is 11.6 Å². The molecule has 14 heteroatoms. The summed E-state index contributed by atoms with van der Waals surface area (Å²) in [5.74, 6) is -5.21.